The Morgan fingerprint density at radius 2 is 1.92 bits per heavy atom. The molecule has 2 rings (SSSR count). The van der Waals surface area contributed by atoms with Crippen LogP contribution in [0.15, 0.2) is 12.1 Å². The van der Waals surface area contributed by atoms with Crippen molar-refractivity contribution in [2.75, 3.05) is 0 Å². The van der Waals surface area contributed by atoms with Gasteiger partial charge in [0.25, 0.3) is 5.91 Å². The van der Waals surface area contributed by atoms with Crippen molar-refractivity contribution in [3.63, 3.8) is 0 Å². The van der Waals surface area contributed by atoms with Gasteiger partial charge in [0.2, 0.25) is 0 Å². The van der Waals surface area contributed by atoms with Gasteiger partial charge in [-0.2, -0.15) is 0 Å². The summed E-state index contributed by atoms with van der Waals surface area (Å²) in [4.78, 5) is 24.3. The van der Waals surface area contributed by atoms with Gasteiger partial charge in [-0.1, -0.05) is 43.0 Å². The molecule has 7 heteroatoms. The van der Waals surface area contributed by atoms with Crippen LogP contribution in [0, 0.1) is 11.7 Å². The van der Waals surface area contributed by atoms with E-state index in [0.29, 0.717) is 5.92 Å². The van der Waals surface area contributed by atoms with Crippen molar-refractivity contribution >= 4 is 35.1 Å². The Kier molecular flexibility index (Phi) is 6.47. The number of carbonyl (C=O) groups is 2. The summed E-state index contributed by atoms with van der Waals surface area (Å²) in [5.74, 6) is -1.62. The van der Waals surface area contributed by atoms with Gasteiger partial charge in [-0.05, 0) is 37.8 Å². The number of ether oxygens (including phenoxy) is 1. The van der Waals surface area contributed by atoms with Crippen molar-refractivity contribution < 1.29 is 18.7 Å². The third-order valence-corrected chi connectivity index (χ3v) is 4.92. The van der Waals surface area contributed by atoms with Crippen LogP contribution in [0.25, 0.3) is 0 Å². The summed E-state index contributed by atoms with van der Waals surface area (Å²) in [5.41, 5.74) is -0.163. The molecule has 1 aliphatic carbocycles. The smallest absolute Gasteiger partial charge is 0.340 e. The molecule has 0 saturated heterocycles. The van der Waals surface area contributed by atoms with Gasteiger partial charge in [-0.25, -0.2) is 9.18 Å². The molecule has 0 spiro atoms. The van der Waals surface area contributed by atoms with Gasteiger partial charge in [0.1, 0.15) is 5.82 Å². The fourth-order valence-electron chi connectivity index (χ4n) is 2.79. The number of amides is 1. The number of rotatable bonds is 4. The highest BCUT2D eigenvalue weighted by molar-refractivity contribution is 6.36. The Morgan fingerprint density at radius 1 is 1.25 bits per heavy atom. The molecule has 0 heterocycles. The number of halogens is 3. The van der Waals surface area contributed by atoms with E-state index in [1.807, 2.05) is 0 Å². The molecule has 0 aliphatic heterocycles. The lowest BCUT2D eigenvalue weighted by Gasteiger charge is -2.30. The third kappa shape index (κ3) is 4.61. The zero-order valence-electron chi connectivity index (χ0n) is 13.6. The van der Waals surface area contributed by atoms with Crippen molar-refractivity contribution in [2.45, 2.75) is 51.7 Å². The maximum Gasteiger partial charge on any atom is 0.340 e. The fourth-order valence-corrected chi connectivity index (χ4v) is 3.25. The zero-order chi connectivity index (χ0) is 17.9. The van der Waals surface area contributed by atoms with E-state index in [-0.39, 0.29) is 27.6 Å². The Bertz CT molecular complexity index is 639. The fraction of sp³-hybridized carbons (Fsp3) is 0.529. The number of carbonyl (C=O) groups excluding carboxylic acids is 2. The molecule has 24 heavy (non-hydrogen) atoms. The molecule has 1 aromatic carbocycles. The van der Waals surface area contributed by atoms with Crippen LogP contribution in [-0.2, 0) is 9.53 Å². The lowest BCUT2D eigenvalue weighted by atomic mass is 9.86. The first-order chi connectivity index (χ1) is 11.3. The second kappa shape index (κ2) is 8.17. The Balaban J connectivity index is 1.98. The first kappa shape index (κ1) is 19.0. The van der Waals surface area contributed by atoms with E-state index >= 15 is 0 Å². The highest BCUT2D eigenvalue weighted by atomic mass is 35.5. The highest BCUT2D eigenvalue weighted by Gasteiger charge is 2.27. The Morgan fingerprint density at radius 3 is 2.58 bits per heavy atom. The number of nitrogens with one attached hydrogen (secondary N) is 1. The van der Waals surface area contributed by atoms with Gasteiger partial charge in [0.05, 0.1) is 15.6 Å². The molecule has 1 aromatic rings. The number of benzene rings is 1. The molecule has 3 atom stereocenters. The molecule has 0 unspecified atom stereocenters. The third-order valence-electron chi connectivity index (χ3n) is 4.32. The van der Waals surface area contributed by atoms with Crippen LogP contribution in [-0.4, -0.2) is 24.0 Å². The normalized spacial score (nSPS) is 21.9. The molecular weight excluding hydrogens is 356 g/mol. The average Bonchev–Trinajstić information content (AvgIpc) is 2.52. The van der Waals surface area contributed by atoms with Crippen molar-refractivity contribution in [1.82, 2.24) is 5.32 Å². The predicted molar refractivity (Wildman–Crippen MR) is 90.9 cm³/mol. The van der Waals surface area contributed by atoms with Gasteiger partial charge in [-0.15, -0.1) is 0 Å². The minimum atomic E-state index is -0.999. The first-order valence-electron chi connectivity index (χ1n) is 7.95. The van der Waals surface area contributed by atoms with Crippen molar-refractivity contribution in [1.29, 1.82) is 0 Å². The van der Waals surface area contributed by atoms with Crippen LogP contribution < -0.4 is 5.32 Å². The standard InChI is InChI=1S/C17H20Cl2FNO3/c1-9-5-3-4-6-15(9)21-16(22)10(2)24-17(23)11-7-14(20)13(19)8-12(11)18/h7-10,15H,3-6H2,1-2H3,(H,21,22)/t9-,10+,15-/m0/s1. The van der Waals surface area contributed by atoms with Crippen LogP contribution in [0.5, 0.6) is 0 Å². The lowest BCUT2D eigenvalue weighted by Crippen LogP contribution is -2.46. The predicted octanol–water partition coefficient (Wildman–Crippen LogP) is 4.37. The van der Waals surface area contributed by atoms with Gasteiger partial charge in [0.15, 0.2) is 6.10 Å². The molecule has 0 radical (unpaired) electrons. The first-order valence-corrected chi connectivity index (χ1v) is 8.71. The van der Waals surface area contributed by atoms with E-state index in [2.05, 4.69) is 12.2 Å². The lowest BCUT2D eigenvalue weighted by molar-refractivity contribution is -0.130. The summed E-state index contributed by atoms with van der Waals surface area (Å²) in [6.07, 6.45) is 3.23. The van der Waals surface area contributed by atoms with Gasteiger partial charge in [-0.3, -0.25) is 4.79 Å². The van der Waals surface area contributed by atoms with Crippen LogP contribution in [0.4, 0.5) is 4.39 Å². The summed E-state index contributed by atoms with van der Waals surface area (Å²) in [5, 5.41) is 2.70. The molecule has 1 amide bonds. The summed E-state index contributed by atoms with van der Waals surface area (Å²) in [6, 6.07) is 2.12. The summed E-state index contributed by atoms with van der Waals surface area (Å²) in [6.45, 7) is 3.57. The van der Waals surface area contributed by atoms with Crippen LogP contribution in [0.2, 0.25) is 10.0 Å². The van der Waals surface area contributed by atoms with E-state index in [1.165, 1.54) is 13.3 Å². The molecule has 0 bridgehead atoms. The Hall–Kier alpha value is -1.33. The number of hydrogen-bond acceptors (Lipinski definition) is 3. The molecule has 132 valence electrons. The van der Waals surface area contributed by atoms with Gasteiger partial charge < -0.3 is 10.1 Å². The van der Waals surface area contributed by atoms with Crippen LogP contribution in [0.1, 0.15) is 49.9 Å². The second-order valence-electron chi connectivity index (χ2n) is 6.17. The SMILES string of the molecule is C[C@@H](OC(=O)c1cc(F)c(Cl)cc1Cl)C(=O)N[C@H]1CCCC[C@@H]1C. The van der Waals surface area contributed by atoms with E-state index < -0.39 is 17.9 Å². The van der Waals surface area contributed by atoms with E-state index in [1.54, 1.807) is 0 Å². The summed E-state index contributed by atoms with van der Waals surface area (Å²) < 4.78 is 18.6. The molecule has 1 fully saturated rings. The van der Waals surface area contributed by atoms with E-state index in [9.17, 15) is 14.0 Å². The van der Waals surface area contributed by atoms with E-state index in [4.69, 9.17) is 27.9 Å². The largest absolute Gasteiger partial charge is 0.449 e. The average molecular weight is 376 g/mol. The summed E-state index contributed by atoms with van der Waals surface area (Å²) >= 11 is 11.5. The Labute approximate surface area is 150 Å². The van der Waals surface area contributed by atoms with Gasteiger partial charge >= 0.3 is 5.97 Å². The molecule has 1 saturated carbocycles. The number of hydrogen-bond donors (Lipinski definition) is 1. The summed E-state index contributed by atoms with van der Waals surface area (Å²) in [7, 11) is 0. The van der Waals surface area contributed by atoms with Gasteiger partial charge in [0, 0.05) is 6.04 Å². The molecular formula is C17H20Cl2FNO3. The van der Waals surface area contributed by atoms with Crippen molar-refractivity contribution in [3.8, 4) is 0 Å². The minimum absolute atomic E-state index is 0.0279. The maximum absolute atomic E-state index is 13.5. The highest BCUT2D eigenvalue weighted by Crippen LogP contribution is 2.26. The topological polar surface area (TPSA) is 55.4 Å². The van der Waals surface area contributed by atoms with Crippen LogP contribution >= 0.6 is 23.2 Å². The number of esters is 1. The zero-order valence-corrected chi connectivity index (χ0v) is 15.1. The molecule has 0 aromatic heterocycles. The molecule has 1 N–H and O–H groups in total. The van der Waals surface area contributed by atoms with Crippen molar-refractivity contribution in [2.24, 2.45) is 5.92 Å². The minimum Gasteiger partial charge on any atom is -0.449 e. The quantitative estimate of drug-likeness (QED) is 0.627. The molecule has 1 aliphatic rings. The van der Waals surface area contributed by atoms with Crippen molar-refractivity contribution in [3.05, 3.63) is 33.6 Å². The second-order valence-corrected chi connectivity index (χ2v) is 6.98. The monoisotopic (exact) mass is 375 g/mol. The molecule has 4 nitrogen and oxygen atoms in total. The maximum atomic E-state index is 13.5. The van der Waals surface area contributed by atoms with E-state index in [0.717, 1.165) is 31.4 Å². The van der Waals surface area contributed by atoms with Crippen LogP contribution in [0.3, 0.4) is 0 Å².